The van der Waals surface area contributed by atoms with Gasteiger partial charge in [0.15, 0.2) is 6.61 Å². The summed E-state index contributed by atoms with van der Waals surface area (Å²) in [5, 5.41) is 0. The van der Waals surface area contributed by atoms with Crippen molar-refractivity contribution in [3.63, 3.8) is 0 Å². The van der Waals surface area contributed by atoms with Crippen LogP contribution in [0.15, 0.2) is 18.2 Å². The van der Waals surface area contributed by atoms with Crippen LogP contribution >= 0.6 is 0 Å². The van der Waals surface area contributed by atoms with Crippen LogP contribution in [0.3, 0.4) is 0 Å². The molecule has 0 heterocycles. The fourth-order valence-electron chi connectivity index (χ4n) is 1.62. The lowest BCUT2D eigenvalue weighted by molar-refractivity contribution is -0.142. The zero-order valence-electron chi connectivity index (χ0n) is 10.5. The minimum Gasteiger partial charge on any atom is -0.481 e. The van der Waals surface area contributed by atoms with E-state index in [1.165, 1.54) is 7.11 Å². The molecule has 2 N–H and O–H groups in total. The highest BCUT2D eigenvalue weighted by atomic mass is 16.6. The zero-order chi connectivity index (χ0) is 12.8. The lowest BCUT2D eigenvalue weighted by Gasteiger charge is -2.14. The predicted octanol–water partition coefficient (Wildman–Crippen LogP) is 1.44. The molecule has 4 heteroatoms. The monoisotopic (exact) mass is 237 g/mol. The van der Waals surface area contributed by atoms with Crippen molar-refractivity contribution in [2.75, 3.05) is 13.7 Å². The van der Waals surface area contributed by atoms with Crippen molar-refractivity contribution in [3.8, 4) is 5.75 Å². The lowest BCUT2D eigenvalue weighted by atomic mass is 10.0. The number of esters is 1. The number of aryl methyl sites for hydroxylation is 1. The van der Waals surface area contributed by atoms with E-state index in [4.69, 9.17) is 10.5 Å². The van der Waals surface area contributed by atoms with Crippen LogP contribution in [-0.4, -0.2) is 25.7 Å². The number of methoxy groups -OCH3 is 1. The highest BCUT2D eigenvalue weighted by molar-refractivity contribution is 5.71. The predicted molar refractivity (Wildman–Crippen MR) is 66.0 cm³/mol. The maximum atomic E-state index is 11.1. The molecule has 4 nitrogen and oxygen atoms in total. The SMILES string of the molecule is COC(=O)COc1c(C)cccc1CC(C)N. The summed E-state index contributed by atoms with van der Waals surface area (Å²) < 4.78 is 10.0. The summed E-state index contributed by atoms with van der Waals surface area (Å²) >= 11 is 0. The molecular formula is C13H19NO3. The molecule has 1 aromatic rings. The van der Waals surface area contributed by atoms with Crippen molar-refractivity contribution < 1.29 is 14.3 Å². The van der Waals surface area contributed by atoms with Crippen LogP contribution in [0, 0.1) is 6.92 Å². The van der Waals surface area contributed by atoms with Gasteiger partial charge in [-0.05, 0) is 31.4 Å². The van der Waals surface area contributed by atoms with Crippen molar-refractivity contribution in [2.45, 2.75) is 26.3 Å². The van der Waals surface area contributed by atoms with Crippen LogP contribution in [0.25, 0.3) is 0 Å². The molecule has 0 fully saturated rings. The van der Waals surface area contributed by atoms with Crippen LogP contribution in [-0.2, 0) is 16.0 Å². The van der Waals surface area contributed by atoms with Gasteiger partial charge in [-0.1, -0.05) is 18.2 Å². The van der Waals surface area contributed by atoms with Gasteiger partial charge in [0.2, 0.25) is 0 Å². The van der Waals surface area contributed by atoms with Gasteiger partial charge in [-0.2, -0.15) is 0 Å². The molecule has 0 bridgehead atoms. The fourth-order valence-corrected chi connectivity index (χ4v) is 1.62. The molecule has 17 heavy (non-hydrogen) atoms. The summed E-state index contributed by atoms with van der Waals surface area (Å²) in [4.78, 5) is 11.1. The first-order valence-electron chi connectivity index (χ1n) is 5.58. The molecule has 0 aliphatic rings. The minimum absolute atomic E-state index is 0.0530. The minimum atomic E-state index is -0.389. The summed E-state index contributed by atoms with van der Waals surface area (Å²) in [6, 6.07) is 5.91. The van der Waals surface area contributed by atoms with E-state index in [9.17, 15) is 4.79 Å². The second-order valence-electron chi connectivity index (χ2n) is 4.11. The highest BCUT2D eigenvalue weighted by Crippen LogP contribution is 2.24. The van der Waals surface area contributed by atoms with Crippen molar-refractivity contribution >= 4 is 5.97 Å². The molecule has 0 spiro atoms. The van der Waals surface area contributed by atoms with Crippen LogP contribution in [0.1, 0.15) is 18.1 Å². The van der Waals surface area contributed by atoms with Gasteiger partial charge in [0.25, 0.3) is 0 Å². The number of carbonyl (C=O) groups excluding carboxylic acids is 1. The number of ether oxygens (including phenoxy) is 2. The van der Waals surface area contributed by atoms with Crippen molar-refractivity contribution in [2.24, 2.45) is 5.73 Å². The van der Waals surface area contributed by atoms with E-state index in [1.54, 1.807) is 0 Å². The summed E-state index contributed by atoms with van der Waals surface area (Å²) in [6.45, 7) is 3.80. The quantitative estimate of drug-likeness (QED) is 0.787. The zero-order valence-corrected chi connectivity index (χ0v) is 10.5. The van der Waals surface area contributed by atoms with E-state index >= 15 is 0 Å². The second kappa shape index (κ2) is 6.25. The Hall–Kier alpha value is -1.55. The first-order chi connectivity index (χ1) is 8.04. The molecule has 1 aromatic carbocycles. The average molecular weight is 237 g/mol. The Bertz CT molecular complexity index is 388. The number of carbonyl (C=O) groups is 1. The number of hydrogen-bond donors (Lipinski definition) is 1. The Labute approximate surface area is 102 Å². The standard InChI is InChI=1S/C13H19NO3/c1-9-5-4-6-11(7-10(2)14)13(9)17-8-12(15)16-3/h4-6,10H,7-8,14H2,1-3H3. The van der Waals surface area contributed by atoms with E-state index in [1.807, 2.05) is 32.0 Å². The Kier molecular flexibility index (Phi) is 4.97. The molecule has 0 aliphatic carbocycles. The first-order valence-corrected chi connectivity index (χ1v) is 5.58. The highest BCUT2D eigenvalue weighted by Gasteiger charge is 2.10. The topological polar surface area (TPSA) is 61.5 Å². The van der Waals surface area contributed by atoms with Crippen LogP contribution in [0.4, 0.5) is 0 Å². The number of hydrogen-bond acceptors (Lipinski definition) is 4. The van der Waals surface area contributed by atoms with Crippen LogP contribution < -0.4 is 10.5 Å². The first kappa shape index (κ1) is 13.5. The van der Waals surface area contributed by atoms with Crippen molar-refractivity contribution in [1.82, 2.24) is 0 Å². The molecule has 1 rings (SSSR count). The largest absolute Gasteiger partial charge is 0.481 e. The molecule has 0 saturated carbocycles. The van der Waals surface area contributed by atoms with Crippen molar-refractivity contribution in [1.29, 1.82) is 0 Å². The second-order valence-corrected chi connectivity index (χ2v) is 4.11. The summed E-state index contributed by atoms with van der Waals surface area (Å²) in [5.74, 6) is 0.343. The van der Waals surface area contributed by atoms with Gasteiger partial charge < -0.3 is 15.2 Å². The smallest absolute Gasteiger partial charge is 0.343 e. The Morgan fingerprint density at radius 3 is 2.76 bits per heavy atom. The van der Waals surface area contributed by atoms with E-state index in [2.05, 4.69) is 4.74 Å². The fraction of sp³-hybridized carbons (Fsp3) is 0.462. The molecule has 0 saturated heterocycles. The lowest BCUT2D eigenvalue weighted by Crippen LogP contribution is -2.19. The molecule has 0 radical (unpaired) electrons. The maximum absolute atomic E-state index is 11.1. The van der Waals surface area contributed by atoms with E-state index in [-0.39, 0.29) is 18.6 Å². The maximum Gasteiger partial charge on any atom is 0.343 e. The van der Waals surface area contributed by atoms with Gasteiger partial charge >= 0.3 is 5.97 Å². The Balaban J connectivity index is 2.83. The molecule has 94 valence electrons. The van der Waals surface area contributed by atoms with Gasteiger partial charge in [0.1, 0.15) is 5.75 Å². The van der Waals surface area contributed by atoms with Gasteiger partial charge in [0, 0.05) is 6.04 Å². The summed E-state index contributed by atoms with van der Waals surface area (Å²) in [7, 11) is 1.34. The Morgan fingerprint density at radius 2 is 2.18 bits per heavy atom. The molecule has 1 unspecified atom stereocenters. The van der Waals surface area contributed by atoms with Crippen LogP contribution in [0.5, 0.6) is 5.75 Å². The molecule has 0 amide bonds. The molecule has 0 aromatic heterocycles. The van der Waals surface area contributed by atoms with Crippen LogP contribution in [0.2, 0.25) is 0 Å². The number of nitrogens with two attached hydrogens (primary N) is 1. The van der Waals surface area contributed by atoms with Gasteiger partial charge in [-0.3, -0.25) is 0 Å². The van der Waals surface area contributed by atoms with Gasteiger partial charge in [-0.25, -0.2) is 4.79 Å². The molecule has 1 atom stereocenters. The summed E-state index contributed by atoms with van der Waals surface area (Å²) in [5.41, 5.74) is 7.79. The number of para-hydroxylation sites is 1. The van der Waals surface area contributed by atoms with E-state index < -0.39 is 0 Å². The van der Waals surface area contributed by atoms with Crippen molar-refractivity contribution in [3.05, 3.63) is 29.3 Å². The molecular weight excluding hydrogens is 218 g/mol. The van der Waals surface area contributed by atoms with Gasteiger partial charge in [0.05, 0.1) is 7.11 Å². The summed E-state index contributed by atoms with van der Waals surface area (Å²) in [6.07, 6.45) is 0.720. The average Bonchev–Trinajstić information content (AvgIpc) is 2.27. The van der Waals surface area contributed by atoms with Gasteiger partial charge in [-0.15, -0.1) is 0 Å². The Morgan fingerprint density at radius 1 is 1.47 bits per heavy atom. The number of benzene rings is 1. The third-order valence-electron chi connectivity index (χ3n) is 2.40. The third kappa shape index (κ3) is 4.07. The van der Waals surface area contributed by atoms with E-state index in [0.29, 0.717) is 0 Å². The van der Waals surface area contributed by atoms with E-state index in [0.717, 1.165) is 23.3 Å². The molecule has 0 aliphatic heterocycles. The number of rotatable bonds is 5. The normalized spacial score (nSPS) is 12.0. The third-order valence-corrected chi connectivity index (χ3v) is 2.40.